The third kappa shape index (κ3) is 4.36. The average Bonchev–Trinajstić information content (AvgIpc) is 2.57. The SMILES string of the molecule is Cc1ccc(S(=O)(=O)Nc2cccc(Oc3ccc(F)cc3)c2)cc1. The Kier molecular flexibility index (Phi) is 4.72. The van der Waals surface area contributed by atoms with Gasteiger partial charge in [0.05, 0.1) is 10.6 Å². The Morgan fingerprint density at radius 3 is 2.24 bits per heavy atom. The maximum absolute atomic E-state index is 12.9. The maximum atomic E-state index is 12.9. The molecule has 0 aliphatic carbocycles. The van der Waals surface area contributed by atoms with Crippen LogP contribution in [0.15, 0.2) is 77.7 Å². The van der Waals surface area contributed by atoms with Crippen molar-refractivity contribution in [1.82, 2.24) is 0 Å². The highest BCUT2D eigenvalue weighted by atomic mass is 32.2. The number of rotatable bonds is 5. The van der Waals surface area contributed by atoms with Gasteiger partial charge in [-0.05, 0) is 55.5 Å². The Morgan fingerprint density at radius 1 is 0.880 bits per heavy atom. The van der Waals surface area contributed by atoms with Crippen molar-refractivity contribution in [2.45, 2.75) is 11.8 Å². The van der Waals surface area contributed by atoms with Gasteiger partial charge in [-0.1, -0.05) is 23.8 Å². The van der Waals surface area contributed by atoms with Gasteiger partial charge in [0.15, 0.2) is 0 Å². The second-order valence-electron chi connectivity index (χ2n) is 5.50. The minimum atomic E-state index is -3.68. The lowest BCUT2D eigenvalue weighted by molar-refractivity contribution is 0.481. The topological polar surface area (TPSA) is 55.4 Å². The number of benzene rings is 3. The van der Waals surface area contributed by atoms with Crippen LogP contribution in [-0.4, -0.2) is 8.42 Å². The molecule has 3 aromatic rings. The second-order valence-corrected chi connectivity index (χ2v) is 7.18. The summed E-state index contributed by atoms with van der Waals surface area (Å²) in [6.45, 7) is 1.89. The molecule has 0 unspecified atom stereocenters. The number of hydrogen-bond acceptors (Lipinski definition) is 3. The summed E-state index contributed by atoms with van der Waals surface area (Å²) in [6, 6.07) is 18.7. The van der Waals surface area contributed by atoms with Crippen LogP contribution in [0.3, 0.4) is 0 Å². The molecule has 6 heteroatoms. The molecular weight excluding hydrogens is 341 g/mol. The number of sulfonamides is 1. The lowest BCUT2D eigenvalue weighted by Gasteiger charge is -2.10. The molecule has 0 spiro atoms. The second kappa shape index (κ2) is 6.94. The quantitative estimate of drug-likeness (QED) is 0.718. The molecule has 4 nitrogen and oxygen atoms in total. The zero-order valence-electron chi connectivity index (χ0n) is 13.4. The van der Waals surface area contributed by atoms with Crippen molar-refractivity contribution < 1.29 is 17.5 Å². The Bertz CT molecular complexity index is 968. The predicted molar refractivity (Wildman–Crippen MR) is 94.9 cm³/mol. The first kappa shape index (κ1) is 17.0. The zero-order valence-corrected chi connectivity index (χ0v) is 14.3. The Balaban J connectivity index is 1.79. The van der Waals surface area contributed by atoms with Gasteiger partial charge in [0, 0.05) is 6.07 Å². The monoisotopic (exact) mass is 357 g/mol. The van der Waals surface area contributed by atoms with Gasteiger partial charge in [0.1, 0.15) is 17.3 Å². The van der Waals surface area contributed by atoms with Crippen molar-refractivity contribution in [2.75, 3.05) is 4.72 Å². The summed E-state index contributed by atoms with van der Waals surface area (Å²) in [5, 5.41) is 0. The Hall–Kier alpha value is -2.86. The largest absolute Gasteiger partial charge is 0.457 e. The summed E-state index contributed by atoms with van der Waals surface area (Å²) in [5.74, 6) is 0.544. The number of hydrogen-bond donors (Lipinski definition) is 1. The van der Waals surface area contributed by atoms with Gasteiger partial charge < -0.3 is 4.74 Å². The van der Waals surface area contributed by atoms with E-state index in [9.17, 15) is 12.8 Å². The fourth-order valence-corrected chi connectivity index (χ4v) is 3.24. The van der Waals surface area contributed by atoms with E-state index >= 15 is 0 Å². The van der Waals surface area contributed by atoms with E-state index in [0.29, 0.717) is 17.2 Å². The van der Waals surface area contributed by atoms with Crippen LogP contribution in [-0.2, 0) is 10.0 Å². The van der Waals surface area contributed by atoms with E-state index in [1.807, 2.05) is 6.92 Å². The lowest BCUT2D eigenvalue weighted by atomic mass is 10.2. The van der Waals surface area contributed by atoms with Gasteiger partial charge in [0.25, 0.3) is 10.0 Å². The Morgan fingerprint density at radius 2 is 1.56 bits per heavy atom. The van der Waals surface area contributed by atoms with Gasteiger partial charge in [-0.3, -0.25) is 4.72 Å². The van der Waals surface area contributed by atoms with Crippen molar-refractivity contribution in [1.29, 1.82) is 0 Å². The summed E-state index contributed by atoms with van der Waals surface area (Å²) in [4.78, 5) is 0.183. The van der Waals surface area contributed by atoms with Crippen LogP contribution in [0.5, 0.6) is 11.5 Å². The number of aryl methyl sites for hydroxylation is 1. The van der Waals surface area contributed by atoms with Crippen LogP contribution in [0.4, 0.5) is 10.1 Å². The van der Waals surface area contributed by atoms with Crippen molar-refractivity contribution in [2.24, 2.45) is 0 Å². The highest BCUT2D eigenvalue weighted by molar-refractivity contribution is 7.92. The van der Waals surface area contributed by atoms with Crippen LogP contribution in [0.2, 0.25) is 0 Å². The molecular formula is C19H16FNO3S. The first-order chi connectivity index (χ1) is 11.9. The molecule has 0 heterocycles. The van der Waals surface area contributed by atoms with Crippen LogP contribution in [0.1, 0.15) is 5.56 Å². The molecule has 0 aromatic heterocycles. The van der Waals surface area contributed by atoms with Gasteiger partial charge in [-0.2, -0.15) is 0 Å². The minimum Gasteiger partial charge on any atom is -0.457 e. The molecule has 0 fully saturated rings. The van der Waals surface area contributed by atoms with Crippen LogP contribution in [0.25, 0.3) is 0 Å². The first-order valence-corrected chi connectivity index (χ1v) is 9.04. The number of anilines is 1. The number of nitrogens with one attached hydrogen (secondary N) is 1. The van der Waals surface area contributed by atoms with Crippen molar-refractivity contribution in [3.05, 3.63) is 84.2 Å². The highest BCUT2D eigenvalue weighted by Crippen LogP contribution is 2.25. The summed E-state index contributed by atoms with van der Waals surface area (Å²) in [6.07, 6.45) is 0. The molecule has 0 saturated heterocycles. The minimum absolute atomic E-state index is 0.183. The molecule has 0 saturated carbocycles. The highest BCUT2D eigenvalue weighted by Gasteiger charge is 2.14. The fraction of sp³-hybridized carbons (Fsp3) is 0.0526. The van der Waals surface area contributed by atoms with Crippen LogP contribution >= 0.6 is 0 Å². The van der Waals surface area contributed by atoms with Crippen molar-refractivity contribution in [3.8, 4) is 11.5 Å². The van der Waals surface area contributed by atoms with E-state index < -0.39 is 10.0 Å². The summed E-state index contributed by atoms with van der Waals surface area (Å²) >= 11 is 0. The fourth-order valence-electron chi connectivity index (χ4n) is 2.19. The number of halogens is 1. The molecule has 25 heavy (non-hydrogen) atoms. The summed E-state index contributed by atoms with van der Waals surface area (Å²) < 4.78 is 45.9. The van der Waals surface area contributed by atoms with E-state index in [0.717, 1.165) is 5.56 Å². The molecule has 0 bridgehead atoms. The molecule has 0 aliphatic rings. The molecule has 0 atom stereocenters. The summed E-state index contributed by atoms with van der Waals surface area (Å²) in [5.41, 5.74) is 1.36. The summed E-state index contributed by atoms with van der Waals surface area (Å²) in [7, 11) is -3.68. The molecule has 3 rings (SSSR count). The lowest BCUT2D eigenvalue weighted by Crippen LogP contribution is -2.12. The third-order valence-electron chi connectivity index (χ3n) is 3.47. The van der Waals surface area contributed by atoms with Gasteiger partial charge in [-0.15, -0.1) is 0 Å². The zero-order chi connectivity index (χ0) is 17.9. The standard InChI is InChI=1S/C19H16FNO3S/c1-14-5-11-19(12-6-14)25(22,23)21-16-3-2-4-18(13-16)24-17-9-7-15(20)8-10-17/h2-13,21H,1H3. The third-order valence-corrected chi connectivity index (χ3v) is 4.86. The van der Waals surface area contributed by atoms with E-state index in [-0.39, 0.29) is 10.7 Å². The smallest absolute Gasteiger partial charge is 0.261 e. The van der Waals surface area contributed by atoms with Gasteiger partial charge in [0.2, 0.25) is 0 Å². The van der Waals surface area contributed by atoms with E-state index in [4.69, 9.17) is 4.74 Å². The number of ether oxygens (including phenoxy) is 1. The van der Waals surface area contributed by atoms with E-state index in [2.05, 4.69) is 4.72 Å². The molecule has 0 aliphatic heterocycles. The maximum Gasteiger partial charge on any atom is 0.261 e. The molecule has 128 valence electrons. The van der Waals surface area contributed by atoms with Crippen LogP contribution in [0, 0.1) is 12.7 Å². The van der Waals surface area contributed by atoms with Crippen molar-refractivity contribution >= 4 is 15.7 Å². The molecule has 0 radical (unpaired) electrons. The Labute approximate surface area is 146 Å². The predicted octanol–water partition coefficient (Wildman–Crippen LogP) is 4.73. The van der Waals surface area contributed by atoms with Gasteiger partial charge >= 0.3 is 0 Å². The van der Waals surface area contributed by atoms with E-state index in [1.165, 1.54) is 24.3 Å². The van der Waals surface area contributed by atoms with E-state index in [1.54, 1.807) is 48.5 Å². The molecule has 3 aromatic carbocycles. The van der Waals surface area contributed by atoms with Gasteiger partial charge in [-0.25, -0.2) is 12.8 Å². The normalized spacial score (nSPS) is 11.1. The molecule has 0 amide bonds. The average molecular weight is 357 g/mol. The first-order valence-electron chi connectivity index (χ1n) is 7.55. The van der Waals surface area contributed by atoms with Crippen LogP contribution < -0.4 is 9.46 Å². The molecule has 1 N–H and O–H groups in total. The van der Waals surface area contributed by atoms with Crippen molar-refractivity contribution in [3.63, 3.8) is 0 Å².